The Morgan fingerprint density at radius 1 is 1.00 bits per heavy atom. The molecule has 1 saturated heterocycles. The first-order chi connectivity index (χ1) is 18.1. The maximum atomic E-state index is 13.3. The molecule has 2 amide bonds. The summed E-state index contributed by atoms with van der Waals surface area (Å²) in [6.07, 6.45) is 1.51. The zero-order valence-corrected chi connectivity index (χ0v) is 21.8. The molecule has 0 saturated carbocycles. The highest BCUT2D eigenvalue weighted by Crippen LogP contribution is 2.38. The molecule has 1 aromatic heterocycles. The van der Waals surface area contributed by atoms with Crippen molar-refractivity contribution in [3.63, 3.8) is 0 Å². The lowest BCUT2D eigenvalue weighted by atomic mass is 9.93. The molecular formula is C29H31N3O4S. The van der Waals surface area contributed by atoms with Gasteiger partial charge in [0.25, 0.3) is 5.91 Å². The molecule has 0 bridgehead atoms. The van der Waals surface area contributed by atoms with Gasteiger partial charge in [-0.25, -0.2) is 0 Å². The predicted octanol–water partition coefficient (Wildman–Crippen LogP) is 4.19. The Morgan fingerprint density at radius 3 is 2.68 bits per heavy atom. The summed E-state index contributed by atoms with van der Waals surface area (Å²) in [5, 5.41) is 2.18. The topological polar surface area (TPSA) is 62.3 Å². The summed E-state index contributed by atoms with van der Waals surface area (Å²) in [4.78, 5) is 34.1. The lowest BCUT2D eigenvalue weighted by Crippen LogP contribution is -2.55. The van der Waals surface area contributed by atoms with Gasteiger partial charge in [0.2, 0.25) is 12.7 Å². The fourth-order valence-electron chi connectivity index (χ4n) is 5.71. The van der Waals surface area contributed by atoms with E-state index in [1.165, 1.54) is 16.0 Å². The molecule has 2 atom stereocenters. The number of ether oxygens (including phenoxy) is 2. The lowest BCUT2D eigenvalue weighted by molar-refractivity contribution is -0.134. The molecule has 0 spiro atoms. The van der Waals surface area contributed by atoms with Crippen molar-refractivity contribution < 1.29 is 19.1 Å². The normalized spacial score (nSPS) is 21.1. The highest BCUT2D eigenvalue weighted by atomic mass is 32.1. The minimum absolute atomic E-state index is 0.0384. The number of carbonyl (C=O) groups excluding carboxylic acids is 2. The molecular weight excluding hydrogens is 486 g/mol. The zero-order valence-electron chi connectivity index (χ0n) is 21.0. The summed E-state index contributed by atoms with van der Waals surface area (Å²) in [5.74, 6) is 1.39. The fraction of sp³-hybridized carbons (Fsp3) is 0.379. The average Bonchev–Trinajstić information content (AvgIpc) is 3.60. The monoisotopic (exact) mass is 517 g/mol. The summed E-state index contributed by atoms with van der Waals surface area (Å²) >= 11 is 1.83. The van der Waals surface area contributed by atoms with Crippen LogP contribution < -0.4 is 9.47 Å². The van der Waals surface area contributed by atoms with Crippen LogP contribution >= 0.6 is 11.3 Å². The van der Waals surface area contributed by atoms with E-state index in [1.807, 2.05) is 34.1 Å². The molecule has 37 heavy (non-hydrogen) atoms. The minimum Gasteiger partial charge on any atom is -0.454 e. The Labute approximate surface area is 221 Å². The maximum absolute atomic E-state index is 13.3. The third-order valence-corrected chi connectivity index (χ3v) is 8.65. The SMILES string of the molecule is C[C@H]1CN(C(=O)CCN2CCc3sccc3[C@H]2c2ccccc2)CCN1C(=O)c1ccc2c(c1)OCO2. The molecule has 0 unspecified atom stereocenters. The Bertz CT molecular complexity index is 1290. The minimum atomic E-state index is -0.0592. The molecule has 3 aliphatic rings. The highest BCUT2D eigenvalue weighted by Gasteiger charge is 2.33. The van der Waals surface area contributed by atoms with Crippen LogP contribution in [0.1, 0.15) is 45.7 Å². The zero-order chi connectivity index (χ0) is 25.4. The van der Waals surface area contributed by atoms with Crippen LogP contribution in [0.3, 0.4) is 0 Å². The molecule has 3 aliphatic heterocycles. The molecule has 0 radical (unpaired) electrons. The van der Waals surface area contributed by atoms with Gasteiger partial charge < -0.3 is 19.3 Å². The van der Waals surface area contributed by atoms with E-state index in [2.05, 4.69) is 40.6 Å². The van der Waals surface area contributed by atoms with Crippen LogP contribution in [0, 0.1) is 0 Å². The third-order valence-electron chi connectivity index (χ3n) is 7.65. The van der Waals surface area contributed by atoms with Crippen LogP contribution in [0.4, 0.5) is 0 Å². The van der Waals surface area contributed by atoms with Crippen molar-refractivity contribution in [2.45, 2.75) is 31.8 Å². The Hall–Kier alpha value is -3.36. The van der Waals surface area contributed by atoms with Gasteiger partial charge in [0.05, 0.1) is 6.04 Å². The quantitative estimate of drug-likeness (QED) is 0.508. The molecule has 0 aliphatic carbocycles. The number of rotatable bonds is 5. The van der Waals surface area contributed by atoms with E-state index in [4.69, 9.17) is 9.47 Å². The summed E-state index contributed by atoms with van der Waals surface area (Å²) < 4.78 is 10.8. The van der Waals surface area contributed by atoms with Crippen molar-refractivity contribution in [3.05, 3.63) is 81.5 Å². The predicted molar refractivity (Wildman–Crippen MR) is 142 cm³/mol. The first-order valence-electron chi connectivity index (χ1n) is 12.9. The molecule has 6 rings (SSSR count). The van der Waals surface area contributed by atoms with Gasteiger partial charge in [-0.1, -0.05) is 30.3 Å². The van der Waals surface area contributed by atoms with Gasteiger partial charge in [0.15, 0.2) is 11.5 Å². The largest absolute Gasteiger partial charge is 0.454 e. The fourth-order valence-corrected chi connectivity index (χ4v) is 6.62. The van der Waals surface area contributed by atoms with Gasteiger partial charge in [0, 0.05) is 55.6 Å². The molecule has 3 aromatic rings. The highest BCUT2D eigenvalue weighted by molar-refractivity contribution is 7.10. The third kappa shape index (κ3) is 4.71. The second-order valence-electron chi connectivity index (χ2n) is 9.90. The van der Waals surface area contributed by atoms with E-state index in [-0.39, 0.29) is 30.7 Å². The van der Waals surface area contributed by atoms with Gasteiger partial charge in [-0.3, -0.25) is 14.5 Å². The maximum Gasteiger partial charge on any atom is 0.254 e. The molecule has 8 heteroatoms. The van der Waals surface area contributed by atoms with Crippen LogP contribution in [0.5, 0.6) is 11.5 Å². The summed E-state index contributed by atoms with van der Waals surface area (Å²) in [6.45, 7) is 5.49. The van der Waals surface area contributed by atoms with E-state index in [1.54, 1.807) is 18.2 Å². The standard InChI is InChI=1S/C29H31N3O4S/c1-20-18-31(14-15-32(20)29(34)22-7-8-24-25(17-22)36-19-35-24)27(33)10-13-30-12-9-26-23(11-16-37-26)28(30)21-5-3-2-4-6-21/h2-8,11,16-17,20,28H,9-10,12-15,18-19H2,1H3/t20-,28+/m0/s1. The number of nitrogens with zero attached hydrogens (tertiary/aromatic N) is 3. The first-order valence-corrected chi connectivity index (χ1v) is 13.8. The van der Waals surface area contributed by atoms with Crippen molar-refractivity contribution in [2.75, 3.05) is 39.5 Å². The number of hydrogen-bond donors (Lipinski definition) is 0. The first kappa shape index (κ1) is 24.0. The average molecular weight is 518 g/mol. The van der Waals surface area contributed by atoms with Gasteiger partial charge >= 0.3 is 0 Å². The van der Waals surface area contributed by atoms with E-state index < -0.39 is 0 Å². The number of fused-ring (bicyclic) bond motifs is 2. The number of carbonyl (C=O) groups is 2. The Morgan fingerprint density at radius 2 is 1.84 bits per heavy atom. The summed E-state index contributed by atoms with van der Waals surface area (Å²) in [7, 11) is 0. The number of benzene rings is 2. The van der Waals surface area contributed by atoms with E-state index in [0.29, 0.717) is 43.1 Å². The summed E-state index contributed by atoms with van der Waals surface area (Å²) in [6, 6.07) is 18.3. The molecule has 192 valence electrons. The van der Waals surface area contributed by atoms with Gasteiger partial charge in [-0.2, -0.15) is 0 Å². The molecule has 1 fully saturated rings. The van der Waals surface area contributed by atoms with Crippen molar-refractivity contribution >= 4 is 23.2 Å². The molecule has 4 heterocycles. The van der Waals surface area contributed by atoms with E-state index >= 15 is 0 Å². The van der Waals surface area contributed by atoms with Crippen LogP contribution in [-0.2, 0) is 11.2 Å². The second kappa shape index (κ2) is 10.2. The van der Waals surface area contributed by atoms with Crippen LogP contribution in [0.25, 0.3) is 0 Å². The number of piperazine rings is 1. The van der Waals surface area contributed by atoms with Crippen LogP contribution in [-0.4, -0.2) is 72.1 Å². The van der Waals surface area contributed by atoms with E-state index in [9.17, 15) is 9.59 Å². The molecule has 2 aromatic carbocycles. The Balaban J connectivity index is 1.08. The van der Waals surface area contributed by atoms with Gasteiger partial charge in [-0.15, -0.1) is 11.3 Å². The smallest absolute Gasteiger partial charge is 0.254 e. The van der Waals surface area contributed by atoms with E-state index in [0.717, 1.165) is 19.5 Å². The van der Waals surface area contributed by atoms with Crippen molar-refractivity contribution in [2.24, 2.45) is 0 Å². The van der Waals surface area contributed by atoms with Crippen LogP contribution in [0.2, 0.25) is 0 Å². The van der Waals surface area contributed by atoms with Gasteiger partial charge in [0.1, 0.15) is 0 Å². The second-order valence-corrected chi connectivity index (χ2v) is 10.9. The number of amides is 2. The molecule has 0 N–H and O–H groups in total. The van der Waals surface area contributed by atoms with Crippen molar-refractivity contribution in [1.29, 1.82) is 0 Å². The number of hydrogen-bond acceptors (Lipinski definition) is 6. The number of thiophene rings is 1. The molecule has 7 nitrogen and oxygen atoms in total. The Kier molecular flexibility index (Phi) is 6.61. The summed E-state index contributed by atoms with van der Waals surface area (Å²) in [5.41, 5.74) is 3.23. The van der Waals surface area contributed by atoms with Crippen molar-refractivity contribution in [3.8, 4) is 11.5 Å². The lowest BCUT2D eigenvalue weighted by Gasteiger charge is -2.41. The van der Waals surface area contributed by atoms with Crippen molar-refractivity contribution in [1.82, 2.24) is 14.7 Å². The van der Waals surface area contributed by atoms with Crippen LogP contribution in [0.15, 0.2) is 60.0 Å². The van der Waals surface area contributed by atoms with Gasteiger partial charge in [-0.05, 0) is 54.1 Å².